The molecule has 0 spiro atoms. The normalized spacial score (nSPS) is 18.1. The first-order valence-corrected chi connectivity index (χ1v) is 10.7. The lowest BCUT2D eigenvalue weighted by Gasteiger charge is -2.34. The van der Waals surface area contributed by atoms with Crippen LogP contribution in [0.4, 0.5) is 0 Å². The number of esters is 1. The minimum Gasteiger partial charge on any atom is -0.493 e. The fourth-order valence-corrected chi connectivity index (χ4v) is 4.42. The SMILES string of the molecule is COc1ccc(C2C(C(=O)OCc3ccccc3)=C(C)NC3=C2C(=O)CCC3)cc1OC. The summed E-state index contributed by atoms with van der Waals surface area (Å²) in [7, 11) is 3.14. The van der Waals surface area contributed by atoms with E-state index in [2.05, 4.69) is 5.32 Å². The molecule has 1 N–H and O–H groups in total. The number of hydrogen-bond acceptors (Lipinski definition) is 6. The van der Waals surface area contributed by atoms with Gasteiger partial charge in [-0.05, 0) is 43.0 Å². The van der Waals surface area contributed by atoms with Crippen molar-refractivity contribution in [1.29, 1.82) is 0 Å². The summed E-state index contributed by atoms with van der Waals surface area (Å²) in [6.07, 6.45) is 2.04. The van der Waals surface area contributed by atoms with E-state index < -0.39 is 11.9 Å². The Morgan fingerprint density at radius 1 is 1.03 bits per heavy atom. The van der Waals surface area contributed by atoms with Crippen LogP contribution in [-0.2, 0) is 20.9 Å². The zero-order valence-corrected chi connectivity index (χ0v) is 18.6. The van der Waals surface area contributed by atoms with Crippen LogP contribution in [0.3, 0.4) is 0 Å². The van der Waals surface area contributed by atoms with Crippen molar-refractivity contribution in [2.24, 2.45) is 0 Å². The number of carbonyl (C=O) groups excluding carboxylic acids is 2. The van der Waals surface area contributed by atoms with Gasteiger partial charge in [-0.2, -0.15) is 0 Å². The van der Waals surface area contributed by atoms with Gasteiger partial charge in [0.05, 0.1) is 19.8 Å². The second kappa shape index (κ2) is 9.30. The van der Waals surface area contributed by atoms with E-state index in [1.807, 2.05) is 49.4 Å². The first-order chi connectivity index (χ1) is 15.5. The molecule has 4 rings (SSSR count). The maximum Gasteiger partial charge on any atom is 0.337 e. The molecule has 1 aliphatic heterocycles. The summed E-state index contributed by atoms with van der Waals surface area (Å²) in [6, 6.07) is 15.0. The van der Waals surface area contributed by atoms with E-state index in [4.69, 9.17) is 14.2 Å². The molecule has 6 heteroatoms. The van der Waals surface area contributed by atoms with Crippen molar-refractivity contribution in [3.63, 3.8) is 0 Å². The Kier molecular flexibility index (Phi) is 6.30. The number of dihydropyridines is 1. The number of carbonyl (C=O) groups is 2. The molecule has 0 aromatic heterocycles. The number of ether oxygens (including phenoxy) is 3. The van der Waals surface area contributed by atoms with Gasteiger partial charge in [-0.25, -0.2) is 4.79 Å². The quantitative estimate of drug-likeness (QED) is 0.680. The van der Waals surface area contributed by atoms with Crippen LogP contribution in [0.2, 0.25) is 0 Å². The van der Waals surface area contributed by atoms with Gasteiger partial charge in [0.15, 0.2) is 17.3 Å². The van der Waals surface area contributed by atoms with Crippen molar-refractivity contribution in [2.45, 2.75) is 38.7 Å². The summed E-state index contributed by atoms with van der Waals surface area (Å²) >= 11 is 0. The number of methoxy groups -OCH3 is 2. The van der Waals surface area contributed by atoms with Crippen molar-refractivity contribution >= 4 is 11.8 Å². The van der Waals surface area contributed by atoms with Gasteiger partial charge in [0.1, 0.15) is 6.61 Å². The summed E-state index contributed by atoms with van der Waals surface area (Å²) in [6.45, 7) is 2.02. The van der Waals surface area contributed by atoms with Gasteiger partial charge in [0.25, 0.3) is 0 Å². The van der Waals surface area contributed by atoms with Crippen LogP contribution in [-0.4, -0.2) is 26.0 Å². The molecule has 1 heterocycles. The zero-order chi connectivity index (χ0) is 22.7. The number of nitrogens with one attached hydrogen (secondary N) is 1. The van der Waals surface area contributed by atoms with E-state index in [-0.39, 0.29) is 12.4 Å². The molecule has 6 nitrogen and oxygen atoms in total. The molecule has 2 aromatic rings. The molecule has 0 saturated heterocycles. The summed E-state index contributed by atoms with van der Waals surface area (Å²) in [5, 5.41) is 3.31. The van der Waals surface area contributed by atoms with Gasteiger partial charge in [-0.3, -0.25) is 4.79 Å². The monoisotopic (exact) mass is 433 g/mol. The molecule has 1 aliphatic carbocycles. The lowest BCUT2D eigenvalue weighted by molar-refractivity contribution is -0.140. The Morgan fingerprint density at radius 2 is 1.78 bits per heavy atom. The zero-order valence-electron chi connectivity index (χ0n) is 18.6. The highest BCUT2D eigenvalue weighted by Crippen LogP contribution is 2.44. The third-order valence-electron chi connectivity index (χ3n) is 5.95. The molecule has 2 aromatic carbocycles. The smallest absolute Gasteiger partial charge is 0.337 e. The van der Waals surface area contributed by atoms with E-state index in [1.165, 1.54) is 0 Å². The van der Waals surface area contributed by atoms with E-state index in [1.54, 1.807) is 20.3 Å². The van der Waals surface area contributed by atoms with E-state index in [0.717, 1.165) is 29.7 Å². The Hall–Kier alpha value is -3.54. The van der Waals surface area contributed by atoms with Crippen molar-refractivity contribution in [2.75, 3.05) is 14.2 Å². The van der Waals surface area contributed by atoms with Crippen LogP contribution in [0, 0.1) is 0 Å². The average molecular weight is 434 g/mol. The molecule has 0 radical (unpaired) electrons. The highest BCUT2D eigenvalue weighted by Gasteiger charge is 2.39. The average Bonchev–Trinajstić information content (AvgIpc) is 2.82. The molecule has 32 heavy (non-hydrogen) atoms. The molecular formula is C26H27NO5. The van der Waals surface area contributed by atoms with Crippen LogP contribution in [0.5, 0.6) is 11.5 Å². The maximum absolute atomic E-state index is 13.3. The second-order valence-corrected chi connectivity index (χ2v) is 7.94. The predicted molar refractivity (Wildman–Crippen MR) is 120 cm³/mol. The minimum absolute atomic E-state index is 0.0550. The van der Waals surface area contributed by atoms with Gasteiger partial charge >= 0.3 is 5.97 Å². The number of ketones is 1. The van der Waals surface area contributed by atoms with Crippen molar-refractivity contribution in [1.82, 2.24) is 5.32 Å². The largest absolute Gasteiger partial charge is 0.493 e. The van der Waals surface area contributed by atoms with Crippen LogP contribution < -0.4 is 14.8 Å². The third kappa shape index (κ3) is 4.13. The molecule has 0 fully saturated rings. The molecule has 0 bridgehead atoms. The topological polar surface area (TPSA) is 73.9 Å². The minimum atomic E-state index is -0.526. The van der Waals surface area contributed by atoms with Gasteiger partial charge in [-0.1, -0.05) is 36.4 Å². The van der Waals surface area contributed by atoms with Crippen molar-refractivity contribution in [3.05, 3.63) is 82.2 Å². The molecule has 0 amide bonds. The first-order valence-electron chi connectivity index (χ1n) is 10.7. The highest BCUT2D eigenvalue weighted by molar-refractivity contribution is 6.03. The molecule has 1 atom stereocenters. The lowest BCUT2D eigenvalue weighted by Crippen LogP contribution is -2.34. The number of benzene rings is 2. The molecule has 0 saturated carbocycles. The number of rotatable bonds is 6. The van der Waals surface area contributed by atoms with Crippen LogP contribution in [0.25, 0.3) is 0 Å². The van der Waals surface area contributed by atoms with Gasteiger partial charge in [0, 0.05) is 29.3 Å². The van der Waals surface area contributed by atoms with Crippen molar-refractivity contribution in [3.8, 4) is 11.5 Å². The fourth-order valence-electron chi connectivity index (χ4n) is 4.42. The van der Waals surface area contributed by atoms with E-state index >= 15 is 0 Å². The van der Waals surface area contributed by atoms with Crippen molar-refractivity contribution < 1.29 is 23.8 Å². The van der Waals surface area contributed by atoms with Crippen LogP contribution in [0.15, 0.2) is 71.1 Å². The Labute approximate surface area is 187 Å². The summed E-state index contributed by atoms with van der Waals surface area (Å²) in [5.41, 5.74) is 4.37. The fraction of sp³-hybridized carbons (Fsp3) is 0.308. The third-order valence-corrected chi connectivity index (χ3v) is 5.95. The first kappa shape index (κ1) is 21.7. The molecule has 1 unspecified atom stereocenters. The molecular weight excluding hydrogens is 406 g/mol. The second-order valence-electron chi connectivity index (χ2n) is 7.94. The Bertz CT molecular complexity index is 1100. The highest BCUT2D eigenvalue weighted by atomic mass is 16.5. The van der Waals surface area contributed by atoms with Gasteiger partial charge in [-0.15, -0.1) is 0 Å². The maximum atomic E-state index is 13.3. The van der Waals surface area contributed by atoms with Gasteiger partial charge in [0.2, 0.25) is 0 Å². The van der Waals surface area contributed by atoms with E-state index in [9.17, 15) is 9.59 Å². The lowest BCUT2D eigenvalue weighted by atomic mass is 9.75. The molecule has 166 valence electrons. The van der Waals surface area contributed by atoms with E-state index in [0.29, 0.717) is 34.8 Å². The van der Waals surface area contributed by atoms with Gasteiger partial charge < -0.3 is 19.5 Å². The summed E-state index contributed by atoms with van der Waals surface area (Å²) in [4.78, 5) is 26.3. The van der Waals surface area contributed by atoms with Crippen LogP contribution >= 0.6 is 0 Å². The molecule has 2 aliphatic rings. The Balaban J connectivity index is 1.75. The summed E-state index contributed by atoms with van der Waals surface area (Å²) < 4.78 is 16.5. The summed E-state index contributed by atoms with van der Waals surface area (Å²) in [5.74, 6) is 0.219. The number of Topliss-reactive ketones (excluding diaryl/α,β-unsaturated/α-hetero) is 1. The number of hydrogen-bond donors (Lipinski definition) is 1. The Morgan fingerprint density at radius 3 is 2.50 bits per heavy atom. The standard InChI is InChI=1S/C26H27NO5/c1-16-23(26(29)32-15-17-8-5-4-6-9-17)24(25-19(27-16)10-7-11-20(25)28)18-12-13-21(30-2)22(14-18)31-3/h4-6,8-9,12-14,24,27H,7,10-11,15H2,1-3H3. The van der Waals surface area contributed by atoms with Crippen LogP contribution in [0.1, 0.15) is 43.2 Å². The predicted octanol–water partition coefficient (Wildman–Crippen LogP) is 4.42. The number of allylic oxidation sites excluding steroid dienone is 3.